The molecule has 0 aliphatic heterocycles. The monoisotopic (exact) mass is 351 g/mol. The topological polar surface area (TPSA) is 58.6 Å². The zero-order chi connectivity index (χ0) is 15.8. The molecule has 21 heavy (non-hydrogen) atoms. The van der Waals surface area contributed by atoms with E-state index in [1.165, 1.54) is 0 Å². The fraction of sp³-hybridized carbons (Fsp3) is 0.500. The summed E-state index contributed by atoms with van der Waals surface area (Å²) in [6.07, 6.45) is 2.51. The van der Waals surface area contributed by atoms with E-state index >= 15 is 0 Å². The van der Waals surface area contributed by atoms with Gasteiger partial charge in [-0.15, -0.1) is 0 Å². The number of benzene rings is 1. The fourth-order valence-corrected chi connectivity index (χ4v) is 2.90. The summed E-state index contributed by atoms with van der Waals surface area (Å²) in [6.45, 7) is 2.72. The van der Waals surface area contributed by atoms with Crippen LogP contribution >= 0.6 is 35.0 Å². The van der Waals surface area contributed by atoms with Crippen LogP contribution in [0.5, 0.6) is 5.75 Å². The SMILES string of the molecule is CCOc1c(Cl)cc(CNC(CCSC)C(=O)O)cc1Cl. The molecule has 0 saturated heterocycles. The molecule has 0 aliphatic rings. The summed E-state index contributed by atoms with van der Waals surface area (Å²) in [6, 6.07) is 2.89. The second-order valence-corrected chi connectivity index (χ2v) is 6.17. The van der Waals surface area contributed by atoms with Crippen LogP contribution in [0.2, 0.25) is 10.0 Å². The minimum absolute atomic E-state index is 0.386. The van der Waals surface area contributed by atoms with Crippen LogP contribution in [-0.2, 0) is 11.3 Å². The standard InChI is InChI=1S/C14H19Cl2NO3S/c1-3-20-13-10(15)6-9(7-11(13)16)8-17-12(14(18)19)4-5-21-2/h6-7,12,17H,3-5,8H2,1-2H3,(H,18,19). The van der Waals surface area contributed by atoms with Gasteiger partial charge in [-0.3, -0.25) is 4.79 Å². The van der Waals surface area contributed by atoms with Crippen LogP contribution in [0.1, 0.15) is 18.9 Å². The second kappa shape index (κ2) is 9.41. The third-order valence-corrected chi connectivity index (χ3v) is 4.01. The van der Waals surface area contributed by atoms with Crippen LogP contribution in [0, 0.1) is 0 Å². The molecule has 1 atom stereocenters. The van der Waals surface area contributed by atoms with Gasteiger partial charge < -0.3 is 15.2 Å². The number of halogens is 2. The van der Waals surface area contributed by atoms with Gasteiger partial charge in [-0.1, -0.05) is 23.2 Å². The van der Waals surface area contributed by atoms with Gasteiger partial charge in [0.25, 0.3) is 0 Å². The number of hydrogen-bond acceptors (Lipinski definition) is 4. The van der Waals surface area contributed by atoms with Crippen LogP contribution in [0.15, 0.2) is 12.1 Å². The normalized spacial score (nSPS) is 12.2. The van der Waals surface area contributed by atoms with Crippen molar-refractivity contribution >= 4 is 40.9 Å². The molecule has 118 valence electrons. The van der Waals surface area contributed by atoms with Crippen molar-refractivity contribution in [2.75, 3.05) is 18.6 Å². The number of carboxylic acid groups (broad SMARTS) is 1. The second-order valence-electron chi connectivity index (χ2n) is 4.37. The molecule has 1 unspecified atom stereocenters. The molecular formula is C14H19Cl2NO3S. The quantitative estimate of drug-likeness (QED) is 0.710. The van der Waals surface area contributed by atoms with E-state index in [0.717, 1.165) is 11.3 Å². The number of carboxylic acids is 1. The van der Waals surface area contributed by atoms with Gasteiger partial charge in [0.15, 0.2) is 5.75 Å². The van der Waals surface area contributed by atoms with Gasteiger partial charge in [0.1, 0.15) is 6.04 Å². The largest absolute Gasteiger partial charge is 0.491 e. The Morgan fingerprint density at radius 3 is 2.52 bits per heavy atom. The van der Waals surface area contributed by atoms with Gasteiger partial charge in [0, 0.05) is 6.54 Å². The maximum atomic E-state index is 11.2. The van der Waals surface area contributed by atoms with Crippen molar-refractivity contribution in [3.63, 3.8) is 0 Å². The molecule has 4 nitrogen and oxygen atoms in total. The Balaban J connectivity index is 2.72. The molecular weight excluding hydrogens is 333 g/mol. The number of thioether (sulfide) groups is 1. The highest BCUT2D eigenvalue weighted by molar-refractivity contribution is 7.98. The summed E-state index contributed by atoms with van der Waals surface area (Å²) in [5.74, 6) is 0.392. The van der Waals surface area contributed by atoms with E-state index in [2.05, 4.69) is 5.32 Å². The Morgan fingerprint density at radius 1 is 1.43 bits per heavy atom. The summed E-state index contributed by atoms with van der Waals surface area (Å²) in [7, 11) is 0. The molecule has 0 radical (unpaired) electrons. The van der Waals surface area contributed by atoms with Crippen LogP contribution in [0.4, 0.5) is 0 Å². The number of ether oxygens (including phenoxy) is 1. The highest BCUT2D eigenvalue weighted by Gasteiger charge is 2.17. The molecule has 0 aliphatic carbocycles. The van der Waals surface area contributed by atoms with E-state index in [1.54, 1.807) is 23.9 Å². The summed E-state index contributed by atoms with van der Waals surface area (Å²) < 4.78 is 5.36. The van der Waals surface area contributed by atoms with Crippen LogP contribution in [0.3, 0.4) is 0 Å². The average molecular weight is 352 g/mol. The Labute approximate surface area is 139 Å². The predicted molar refractivity (Wildman–Crippen MR) is 88.9 cm³/mol. The maximum Gasteiger partial charge on any atom is 0.320 e. The van der Waals surface area contributed by atoms with Gasteiger partial charge >= 0.3 is 5.97 Å². The first kappa shape index (κ1) is 18.4. The summed E-state index contributed by atoms with van der Waals surface area (Å²) in [5.41, 5.74) is 0.823. The van der Waals surface area contributed by atoms with Crippen molar-refractivity contribution in [3.8, 4) is 5.75 Å². The van der Waals surface area contributed by atoms with Crippen molar-refractivity contribution < 1.29 is 14.6 Å². The van der Waals surface area contributed by atoms with Crippen molar-refractivity contribution in [3.05, 3.63) is 27.7 Å². The lowest BCUT2D eigenvalue weighted by atomic mass is 10.1. The van der Waals surface area contributed by atoms with E-state index in [-0.39, 0.29) is 0 Å². The molecule has 1 aromatic carbocycles. The highest BCUT2D eigenvalue weighted by Crippen LogP contribution is 2.34. The van der Waals surface area contributed by atoms with Crippen molar-refractivity contribution in [1.29, 1.82) is 0 Å². The van der Waals surface area contributed by atoms with Gasteiger partial charge in [0.2, 0.25) is 0 Å². The highest BCUT2D eigenvalue weighted by atomic mass is 35.5. The lowest BCUT2D eigenvalue weighted by molar-refractivity contribution is -0.139. The third-order valence-electron chi connectivity index (χ3n) is 2.81. The minimum Gasteiger partial charge on any atom is -0.491 e. The summed E-state index contributed by atoms with van der Waals surface area (Å²) >= 11 is 13.9. The molecule has 2 N–H and O–H groups in total. The average Bonchev–Trinajstić information content (AvgIpc) is 2.42. The lowest BCUT2D eigenvalue weighted by Gasteiger charge is -2.15. The van der Waals surface area contributed by atoms with E-state index < -0.39 is 12.0 Å². The van der Waals surface area contributed by atoms with Gasteiger partial charge in [0.05, 0.1) is 16.7 Å². The number of rotatable bonds is 9. The molecule has 7 heteroatoms. The van der Waals surface area contributed by atoms with Crippen molar-refractivity contribution in [2.45, 2.75) is 25.9 Å². The van der Waals surface area contributed by atoms with Gasteiger partial charge in [-0.25, -0.2) is 0 Å². The van der Waals surface area contributed by atoms with E-state index in [0.29, 0.717) is 35.4 Å². The number of carbonyl (C=O) groups is 1. The third kappa shape index (κ3) is 5.94. The van der Waals surface area contributed by atoms with Crippen LogP contribution < -0.4 is 10.1 Å². The maximum absolute atomic E-state index is 11.2. The smallest absolute Gasteiger partial charge is 0.320 e. The molecule has 0 spiro atoms. The molecule has 1 rings (SSSR count). The van der Waals surface area contributed by atoms with E-state index in [9.17, 15) is 4.79 Å². The number of hydrogen-bond donors (Lipinski definition) is 2. The number of aliphatic carboxylic acids is 1. The molecule has 0 amide bonds. The molecule has 0 aromatic heterocycles. The lowest BCUT2D eigenvalue weighted by Crippen LogP contribution is -2.36. The molecule has 0 bridgehead atoms. The molecule has 0 fully saturated rings. The zero-order valence-electron chi connectivity index (χ0n) is 12.0. The first-order valence-corrected chi connectivity index (χ1v) is 8.70. The van der Waals surface area contributed by atoms with Crippen molar-refractivity contribution in [2.24, 2.45) is 0 Å². The molecule has 1 aromatic rings. The Hall–Kier alpha value is -0.620. The Kier molecular flexibility index (Phi) is 8.26. The first-order chi connectivity index (χ1) is 9.99. The van der Waals surface area contributed by atoms with Crippen molar-refractivity contribution in [1.82, 2.24) is 5.32 Å². The van der Waals surface area contributed by atoms with E-state index in [4.69, 9.17) is 33.0 Å². The molecule has 0 saturated carbocycles. The first-order valence-electron chi connectivity index (χ1n) is 6.55. The minimum atomic E-state index is -0.854. The summed E-state index contributed by atoms with van der Waals surface area (Å²) in [5, 5.41) is 13.0. The Morgan fingerprint density at radius 2 is 2.05 bits per heavy atom. The molecule has 0 heterocycles. The zero-order valence-corrected chi connectivity index (χ0v) is 14.3. The number of nitrogens with one attached hydrogen (secondary N) is 1. The van der Waals surface area contributed by atoms with Crippen LogP contribution in [-0.4, -0.2) is 35.7 Å². The summed E-state index contributed by atoms with van der Waals surface area (Å²) in [4.78, 5) is 11.2. The fourth-order valence-electron chi connectivity index (χ4n) is 1.79. The van der Waals surface area contributed by atoms with Gasteiger partial charge in [-0.2, -0.15) is 11.8 Å². The predicted octanol–water partition coefficient (Wildman–Crippen LogP) is 3.69. The van der Waals surface area contributed by atoms with Gasteiger partial charge in [-0.05, 0) is 43.0 Å². The van der Waals surface area contributed by atoms with E-state index in [1.807, 2.05) is 13.2 Å². The Bertz CT molecular complexity index is 462. The van der Waals surface area contributed by atoms with Crippen LogP contribution in [0.25, 0.3) is 0 Å².